The Hall–Kier alpha value is -2.31. The fourth-order valence-electron chi connectivity index (χ4n) is 2.34. The zero-order valence-corrected chi connectivity index (χ0v) is 16.4. The first-order valence-corrected chi connectivity index (χ1v) is 8.78. The number of halogens is 3. The highest BCUT2D eigenvalue weighted by molar-refractivity contribution is 6.35. The molecule has 1 amide bonds. The number of carbonyl (C=O) groups excluding carboxylic acids is 2. The molecule has 0 aliphatic carbocycles. The number of carbonyl (C=O) groups is 2. The zero-order chi connectivity index (χ0) is 20.1. The number of hydrogen-bond acceptors (Lipinski definition) is 4. The first kappa shape index (κ1) is 21.0. The summed E-state index contributed by atoms with van der Waals surface area (Å²) in [6, 6.07) is 8.15. The Morgan fingerprint density at radius 1 is 1.11 bits per heavy atom. The van der Waals surface area contributed by atoms with Crippen LogP contribution in [0.4, 0.5) is 4.39 Å². The van der Waals surface area contributed by atoms with Crippen molar-refractivity contribution in [3.63, 3.8) is 0 Å². The van der Waals surface area contributed by atoms with E-state index < -0.39 is 29.8 Å². The Bertz CT molecular complexity index is 860. The molecule has 1 N–H and O–H groups in total. The molecule has 0 spiro atoms. The summed E-state index contributed by atoms with van der Waals surface area (Å²) >= 11 is 12.0. The van der Waals surface area contributed by atoms with Crippen LogP contribution >= 0.6 is 23.2 Å². The van der Waals surface area contributed by atoms with Gasteiger partial charge < -0.3 is 14.8 Å². The summed E-state index contributed by atoms with van der Waals surface area (Å²) in [7, 11) is 1.32. The summed E-state index contributed by atoms with van der Waals surface area (Å²) in [5.41, 5.74) is 0.645. The van der Waals surface area contributed by atoms with E-state index in [0.717, 1.165) is 6.07 Å². The maximum Gasteiger partial charge on any atom is 0.339 e. The van der Waals surface area contributed by atoms with Crippen molar-refractivity contribution in [3.05, 3.63) is 63.4 Å². The normalized spacial score (nSPS) is 12.8. The molecule has 0 aliphatic rings. The van der Waals surface area contributed by atoms with Gasteiger partial charge in [-0.15, -0.1) is 0 Å². The third-order valence-electron chi connectivity index (χ3n) is 3.83. The molecule has 0 saturated heterocycles. The zero-order valence-electron chi connectivity index (χ0n) is 14.9. The van der Waals surface area contributed by atoms with Crippen LogP contribution in [0.5, 0.6) is 5.75 Å². The summed E-state index contributed by atoms with van der Waals surface area (Å²) < 4.78 is 23.6. The highest BCUT2D eigenvalue weighted by atomic mass is 35.5. The minimum atomic E-state index is -1.09. The molecule has 0 unspecified atom stereocenters. The number of rotatable bonds is 6. The molecular formula is C19H18Cl2FNO4. The lowest BCUT2D eigenvalue weighted by Crippen LogP contribution is -2.37. The third-order valence-corrected chi connectivity index (χ3v) is 4.39. The topological polar surface area (TPSA) is 64.6 Å². The van der Waals surface area contributed by atoms with Crippen molar-refractivity contribution in [1.29, 1.82) is 0 Å². The number of methoxy groups -OCH3 is 1. The van der Waals surface area contributed by atoms with Crippen LogP contribution in [0.1, 0.15) is 35.8 Å². The molecule has 2 rings (SSSR count). The van der Waals surface area contributed by atoms with E-state index in [4.69, 9.17) is 32.7 Å². The maximum atomic E-state index is 13.7. The molecule has 0 bridgehead atoms. The molecule has 0 fully saturated rings. The van der Waals surface area contributed by atoms with Gasteiger partial charge in [-0.1, -0.05) is 29.3 Å². The largest absolute Gasteiger partial charge is 0.494 e. The number of esters is 1. The van der Waals surface area contributed by atoms with Crippen molar-refractivity contribution < 1.29 is 23.5 Å². The predicted octanol–water partition coefficient (Wildman–Crippen LogP) is 4.56. The van der Waals surface area contributed by atoms with Crippen LogP contribution in [0.15, 0.2) is 36.4 Å². The SMILES string of the molecule is COc1ccc(C(=O)O[C@@H](C)C(=O)N[C@H](C)c2ccc(Cl)cc2Cl)cc1F. The van der Waals surface area contributed by atoms with E-state index in [9.17, 15) is 14.0 Å². The molecule has 2 aromatic rings. The lowest BCUT2D eigenvalue weighted by Gasteiger charge is -2.19. The average Bonchev–Trinajstić information content (AvgIpc) is 2.61. The van der Waals surface area contributed by atoms with Crippen LogP contribution in [0.3, 0.4) is 0 Å². The van der Waals surface area contributed by atoms with Crippen molar-refractivity contribution in [2.45, 2.75) is 26.0 Å². The minimum absolute atomic E-state index is 0.00556. The molecule has 27 heavy (non-hydrogen) atoms. The van der Waals surface area contributed by atoms with Gasteiger partial charge >= 0.3 is 5.97 Å². The van der Waals surface area contributed by atoms with Gasteiger partial charge in [-0.3, -0.25) is 4.79 Å². The third kappa shape index (κ3) is 5.34. The lowest BCUT2D eigenvalue weighted by molar-refractivity contribution is -0.129. The van der Waals surface area contributed by atoms with Crippen molar-refractivity contribution in [3.8, 4) is 5.75 Å². The van der Waals surface area contributed by atoms with Crippen LogP contribution in [0.25, 0.3) is 0 Å². The van der Waals surface area contributed by atoms with Gasteiger partial charge in [0.15, 0.2) is 17.7 Å². The molecule has 5 nitrogen and oxygen atoms in total. The van der Waals surface area contributed by atoms with Crippen molar-refractivity contribution in [1.82, 2.24) is 5.32 Å². The highest BCUT2D eigenvalue weighted by Crippen LogP contribution is 2.26. The van der Waals surface area contributed by atoms with E-state index in [1.165, 1.54) is 26.2 Å². The van der Waals surface area contributed by atoms with Gasteiger partial charge in [-0.2, -0.15) is 0 Å². The van der Waals surface area contributed by atoms with Crippen LogP contribution in [0, 0.1) is 5.82 Å². The van der Waals surface area contributed by atoms with Crippen LogP contribution in [0.2, 0.25) is 10.0 Å². The van der Waals surface area contributed by atoms with E-state index in [-0.39, 0.29) is 11.3 Å². The second kappa shape index (κ2) is 9.06. The van der Waals surface area contributed by atoms with Crippen LogP contribution in [-0.2, 0) is 9.53 Å². The van der Waals surface area contributed by atoms with Crippen molar-refractivity contribution in [2.24, 2.45) is 0 Å². The Kier molecular flexibility index (Phi) is 7.05. The summed E-state index contributed by atoms with van der Waals surface area (Å²) in [6.45, 7) is 3.16. The number of ether oxygens (including phenoxy) is 2. The van der Waals surface area contributed by atoms with E-state index in [1.54, 1.807) is 25.1 Å². The van der Waals surface area contributed by atoms with Crippen LogP contribution < -0.4 is 10.1 Å². The summed E-state index contributed by atoms with van der Waals surface area (Å²) in [6.07, 6.45) is -1.09. The van der Waals surface area contributed by atoms with Gasteiger partial charge in [-0.25, -0.2) is 9.18 Å². The summed E-state index contributed by atoms with van der Waals surface area (Å²) in [5, 5.41) is 3.60. The fourth-order valence-corrected chi connectivity index (χ4v) is 2.91. The number of nitrogens with one attached hydrogen (secondary N) is 1. The molecule has 0 saturated carbocycles. The Balaban J connectivity index is 2.00. The van der Waals surface area contributed by atoms with E-state index in [1.807, 2.05) is 0 Å². The molecule has 8 heteroatoms. The van der Waals surface area contributed by atoms with Gasteiger partial charge in [-0.05, 0) is 49.7 Å². The van der Waals surface area contributed by atoms with Gasteiger partial charge in [0.25, 0.3) is 5.91 Å². The molecule has 144 valence electrons. The quantitative estimate of drug-likeness (QED) is 0.704. The first-order valence-electron chi connectivity index (χ1n) is 8.02. The standard InChI is InChI=1S/C19H18Cl2FNO4/c1-10(14-6-5-13(20)9-15(14)21)23-18(24)11(2)27-19(25)12-4-7-17(26-3)16(22)8-12/h4-11H,1-3H3,(H,23,24)/t10-,11+/m1/s1. The lowest BCUT2D eigenvalue weighted by atomic mass is 10.1. The average molecular weight is 414 g/mol. The van der Waals surface area contributed by atoms with E-state index >= 15 is 0 Å². The van der Waals surface area contributed by atoms with Crippen molar-refractivity contribution >= 4 is 35.1 Å². The number of amides is 1. The predicted molar refractivity (Wildman–Crippen MR) is 101 cm³/mol. The van der Waals surface area contributed by atoms with E-state index in [0.29, 0.717) is 15.6 Å². The van der Waals surface area contributed by atoms with Gasteiger partial charge in [0.1, 0.15) is 0 Å². The number of hydrogen-bond donors (Lipinski definition) is 1. The minimum Gasteiger partial charge on any atom is -0.494 e. The van der Waals surface area contributed by atoms with Gasteiger partial charge in [0.2, 0.25) is 0 Å². The van der Waals surface area contributed by atoms with Crippen molar-refractivity contribution in [2.75, 3.05) is 7.11 Å². The Morgan fingerprint density at radius 2 is 1.81 bits per heavy atom. The second-order valence-electron chi connectivity index (χ2n) is 5.79. The maximum absolute atomic E-state index is 13.7. The molecule has 0 heterocycles. The smallest absolute Gasteiger partial charge is 0.339 e. The summed E-state index contributed by atoms with van der Waals surface area (Å²) in [5.74, 6) is -2.03. The van der Waals surface area contributed by atoms with Gasteiger partial charge in [0, 0.05) is 10.0 Å². The number of benzene rings is 2. The fraction of sp³-hybridized carbons (Fsp3) is 0.263. The van der Waals surface area contributed by atoms with Gasteiger partial charge in [0.05, 0.1) is 18.7 Å². The molecular weight excluding hydrogens is 396 g/mol. The summed E-state index contributed by atoms with van der Waals surface area (Å²) in [4.78, 5) is 24.4. The molecule has 2 aromatic carbocycles. The Morgan fingerprint density at radius 3 is 2.41 bits per heavy atom. The monoisotopic (exact) mass is 413 g/mol. The van der Waals surface area contributed by atoms with Crippen LogP contribution in [-0.4, -0.2) is 25.1 Å². The second-order valence-corrected chi connectivity index (χ2v) is 6.64. The molecule has 2 atom stereocenters. The Labute approximate surface area is 166 Å². The van der Waals surface area contributed by atoms with E-state index in [2.05, 4.69) is 5.32 Å². The first-order chi connectivity index (χ1) is 12.7. The molecule has 0 aromatic heterocycles. The molecule has 0 aliphatic heterocycles. The highest BCUT2D eigenvalue weighted by Gasteiger charge is 2.22. The molecule has 0 radical (unpaired) electrons.